The highest BCUT2D eigenvalue weighted by molar-refractivity contribution is 8.03. The first-order chi connectivity index (χ1) is 16.6. The van der Waals surface area contributed by atoms with Gasteiger partial charge in [-0.05, 0) is 19.8 Å². The molecule has 2 aliphatic heterocycles. The van der Waals surface area contributed by atoms with E-state index in [-0.39, 0.29) is 23.7 Å². The van der Waals surface area contributed by atoms with E-state index in [0.29, 0.717) is 18.0 Å². The number of oxime groups is 2. The third-order valence-corrected chi connectivity index (χ3v) is 7.53. The Morgan fingerprint density at radius 1 is 1.29 bits per heavy atom. The molecular formula is C24H32N6O3S. The van der Waals surface area contributed by atoms with Crippen LogP contribution in [0.1, 0.15) is 56.6 Å². The molecular weight excluding hydrogens is 452 g/mol. The monoisotopic (exact) mass is 484 g/mol. The maximum absolute atomic E-state index is 12.2. The Hall–Kier alpha value is -3.01. The quantitative estimate of drug-likeness (QED) is 0.423. The van der Waals surface area contributed by atoms with E-state index in [0.717, 1.165) is 11.3 Å². The van der Waals surface area contributed by atoms with Crippen LogP contribution in [0.5, 0.6) is 0 Å². The third-order valence-electron chi connectivity index (χ3n) is 6.29. The van der Waals surface area contributed by atoms with Gasteiger partial charge in [-0.15, -0.1) is 0 Å². The molecule has 1 aromatic rings. The zero-order chi connectivity index (χ0) is 23.9. The minimum absolute atomic E-state index is 0.192. The predicted octanol–water partition coefficient (Wildman–Crippen LogP) is 3.83. The van der Waals surface area contributed by atoms with Crippen LogP contribution in [0.3, 0.4) is 0 Å². The van der Waals surface area contributed by atoms with E-state index in [1.54, 1.807) is 13.3 Å². The molecule has 0 saturated heterocycles. The minimum atomic E-state index is -0.332. The molecule has 1 unspecified atom stereocenters. The van der Waals surface area contributed by atoms with Crippen LogP contribution >= 0.6 is 11.8 Å². The molecule has 0 radical (unpaired) electrons. The summed E-state index contributed by atoms with van der Waals surface area (Å²) < 4.78 is 0. The van der Waals surface area contributed by atoms with Gasteiger partial charge >= 0.3 is 0 Å². The highest BCUT2D eigenvalue weighted by Crippen LogP contribution is 2.44. The first kappa shape index (κ1) is 24.1. The molecule has 0 spiro atoms. The number of hydrogen-bond acceptors (Lipinski definition) is 9. The summed E-state index contributed by atoms with van der Waals surface area (Å²) in [7, 11) is 2.96. The molecule has 9 nitrogen and oxygen atoms in total. The Morgan fingerprint density at radius 2 is 2.09 bits per heavy atom. The van der Waals surface area contributed by atoms with Crippen molar-refractivity contribution in [1.29, 1.82) is 0 Å². The van der Waals surface area contributed by atoms with Crippen molar-refractivity contribution in [3.63, 3.8) is 0 Å². The Bertz CT molecular complexity index is 1000. The number of fused-ring (bicyclic) bond motifs is 1. The zero-order valence-electron chi connectivity index (χ0n) is 19.9. The second kappa shape index (κ2) is 11.4. The van der Waals surface area contributed by atoms with E-state index in [2.05, 4.69) is 32.5 Å². The van der Waals surface area contributed by atoms with Crippen LogP contribution in [0.25, 0.3) is 0 Å². The average molecular weight is 485 g/mol. The Kier molecular flexibility index (Phi) is 8.10. The van der Waals surface area contributed by atoms with Crippen LogP contribution in [0, 0.1) is 0 Å². The van der Waals surface area contributed by atoms with Crippen LogP contribution in [0.2, 0.25) is 0 Å². The maximum atomic E-state index is 12.2. The summed E-state index contributed by atoms with van der Waals surface area (Å²) in [5.74, 6) is -0.332. The molecule has 1 aliphatic carbocycles. The molecule has 4 rings (SSSR count). The molecule has 1 saturated carbocycles. The fraction of sp³-hybridized carbons (Fsp3) is 0.500. The number of nitrogens with one attached hydrogen (secondary N) is 1. The van der Waals surface area contributed by atoms with E-state index < -0.39 is 0 Å². The van der Waals surface area contributed by atoms with Gasteiger partial charge in [0.1, 0.15) is 20.1 Å². The van der Waals surface area contributed by atoms with E-state index in [4.69, 9.17) is 14.8 Å². The van der Waals surface area contributed by atoms with Crippen LogP contribution in [-0.2, 0) is 21.1 Å². The largest absolute Gasteiger partial charge is 0.398 e. The lowest BCUT2D eigenvalue weighted by Gasteiger charge is -2.34. The van der Waals surface area contributed by atoms with E-state index in [1.165, 1.54) is 44.1 Å². The van der Waals surface area contributed by atoms with Crippen molar-refractivity contribution in [2.24, 2.45) is 15.4 Å². The summed E-state index contributed by atoms with van der Waals surface area (Å²) in [5, 5.41) is 17.4. The molecule has 182 valence electrons. The average Bonchev–Trinajstić information content (AvgIpc) is 3.41. The van der Waals surface area contributed by atoms with Gasteiger partial charge in [-0.1, -0.05) is 65.6 Å². The molecule has 1 N–H and O–H groups in total. The molecule has 0 aromatic heterocycles. The van der Waals surface area contributed by atoms with Crippen LogP contribution in [-0.4, -0.2) is 59.8 Å². The highest BCUT2D eigenvalue weighted by Gasteiger charge is 2.40. The van der Waals surface area contributed by atoms with Crippen LogP contribution in [0.15, 0.2) is 50.3 Å². The number of allylic oxidation sites excluding steroid dienone is 2. The highest BCUT2D eigenvalue weighted by atomic mass is 32.2. The molecule has 10 heteroatoms. The lowest BCUT2D eigenvalue weighted by molar-refractivity contribution is -0.114. The number of benzene rings is 1. The van der Waals surface area contributed by atoms with Crippen molar-refractivity contribution in [1.82, 2.24) is 15.2 Å². The van der Waals surface area contributed by atoms with Gasteiger partial charge in [-0.2, -0.15) is 5.10 Å². The number of carbonyl (C=O) groups excluding carboxylic acids is 1. The molecule has 1 aromatic carbocycles. The van der Waals surface area contributed by atoms with Crippen molar-refractivity contribution < 1.29 is 14.5 Å². The van der Waals surface area contributed by atoms with Crippen LogP contribution < -0.4 is 5.32 Å². The topological polar surface area (TPSA) is 91.1 Å². The standard InChI is InChI=1S/C24H32N6O3S/c1-17-21(30-24(34-17)29(16-26-30)19-10-5-4-6-11-19)13-14-27-33-15-18-9-7-8-12-20(18)22(28-32-3)23(31)25-2/h7-9,12,14,16,19,24H,4-6,10-11,13,15H2,1-3H3,(H,25,31)/b27-14?,28-22+. The van der Waals surface area contributed by atoms with Crippen molar-refractivity contribution in [3.8, 4) is 0 Å². The second-order valence-electron chi connectivity index (χ2n) is 8.39. The van der Waals surface area contributed by atoms with Gasteiger partial charge in [-0.3, -0.25) is 4.79 Å². The van der Waals surface area contributed by atoms with Gasteiger partial charge in [0.25, 0.3) is 5.91 Å². The third kappa shape index (κ3) is 5.22. The Morgan fingerprint density at radius 3 is 2.85 bits per heavy atom. The first-order valence-electron chi connectivity index (χ1n) is 11.7. The number of rotatable bonds is 9. The van der Waals surface area contributed by atoms with Crippen molar-refractivity contribution in [2.45, 2.75) is 63.6 Å². The number of likely N-dealkylation sites (N-methyl/N-ethyl adjacent to an activating group) is 1. The summed E-state index contributed by atoms with van der Waals surface area (Å²) >= 11 is 1.86. The number of amides is 1. The summed E-state index contributed by atoms with van der Waals surface area (Å²) in [4.78, 5) is 26.3. The van der Waals surface area contributed by atoms with E-state index >= 15 is 0 Å². The zero-order valence-corrected chi connectivity index (χ0v) is 20.8. The van der Waals surface area contributed by atoms with Gasteiger partial charge in [0, 0.05) is 41.8 Å². The van der Waals surface area contributed by atoms with Crippen molar-refractivity contribution in [3.05, 3.63) is 46.0 Å². The van der Waals surface area contributed by atoms with Crippen LogP contribution in [0.4, 0.5) is 0 Å². The molecule has 1 amide bonds. The summed E-state index contributed by atoms with van der Waals surface area (Å²) in [6.07, 6.45) is 10.9. The number of carbonyl (C=O) groups is 1. The lowest BCUT2D eigenvalue weighted by atomic mass is 9.95. The molecule has 1 fully saturated rings. The van der Waals surface area contributed by atoms with Gasteiger partial charge in [0.2, 0.25) is 0 Å². The number of thioether (sulfide) groups is 1. The molecule has 0 bridgehead atoms. The fourth-order valence-corrected chi connectivity index (χ4v) is 5.79. The lowest BCUT2D eigenvalue weighted by Crippen LogP contribution is -2.42. The van der Waals surface area contributed by atoms with E-state index in [9.17, 15) is 4.79 Å². The second-order valence-corrected chi connectivity index (χ2v) is 9.66. The molecule has 34 heavy (non-hydrogen) atoms. The number of nitrogens with zero attached hydrogens (tertiary/aromatic N) is 5. The van der Waals surface area contributed by atoms with E-state index in [1.807, 2.05) is 42.4 Å². The van der Waals surface area contributed by atoms with Gasteiger partial charge in [0.05, 0.1) is 5.70 Å². The summed E-state index contributed by atoms with van der Waals surface area (Å²) in [6, 6.07) is 8.00. The van der Waals surface area contributed by atoms with Gasteiger partial charge < -0.3 is 19.9 Å². The molecule has 3 aliphatic rings. The van der Waals surface area contributed by atoms with Crippen molar-refractivity contribution in [2.75, 3.05) is 14.2 Å². The first-order valence-corrected chi connectivity index (χ1v) is 12.5. The number of hydrazone groups is 1. The maximum Gasteiger partial charge on any atom is 0.273 e. The fourth-order valence-electron chi connectivity index (χ4n) is 4.53. The molecule has 2 heterocycles. The SMILES string of the molecule is CNC(=O)/C(=N/OC)c1ccccc1CON=CCC1=C(C)SC2N1N=CN2C1CCCCC1. The smallest absolute Gasteiger partial charge is 0.273 e. The predicted molar refractivity (Wildman–Crippen MR) is 135 cm³/mol. The van der Waals surface area contributed by atoms with Crippen molar-refractivity contribution >= 4 is 35.9 Å². The van der Waals surface area contributed by atoms with Gasteiger partial charge in [-0.25, -0.2) is 5.01 Å². The summed E-state index contributed by atoms with van der Waals surface area (Å²) in [6.45, 7) is 2.35. The Labute approximate surface area is 204 Å². The Balaban J connectivity index is 1.34. The minimum Gasteiger partial charge on any atom is -0.398 e. The normalized spacial score (nSPS) is 20.9. The number of hydrogen-bond donors (Lipinski definition) is 1. The molecule has 1 atom stereocenters. The summed E-state index contributed by atoms with van der Waals surface area (Å²) in [5.41, 5.74) is 3.01. The van der Waals surface area contributed by atoms with Gasteiger partial charge in [0.15, 0.2) is 11.2 Å².